The van der Waals surface area contributed by atoms with Crippen LogP contribution < -0.4 is 0 Å². The van der Waals surface area contributed by atoms with Gasteiger partial charge in [0.05, 0.1) is 11.4 Å². The van der Waals surface area contributed by atoms with Gasteiger partial charge in [-0.3, -0.25) is 9.59 Å². The number of hydrogen-bond acceptors (Lipinski definition) is 4. The average Bonchev–Trinajstić information content (AvgIpc) is 3.14. The van der Waals surface area contributed by atoms with Crippen molar-refractivity contribution in [3.8, 4) is 33.6 Å². The van der Waals surface area contributed by atoms with Crippen molar-refractivity contribution in [1.82, 2.24) is 19.8 Å². The minimum atomic E-state index is -0.701. The lowest BCUT2D eigenvalue weighted by molar-refractivity contribution is 0.0127. The first-order valence-corrected chi connectivity index (χ1v) is 17.4. The fraction of sp³-hybridized carbons (Fsp3) is 0.286. The predicted octanol–water partition coefficient (Wildman–Crippen LogP) is 8.79. The van der Waals surface area contributed by atoms with Crippen LogP contribution in [0.5, 0.6) is 0 Å². The molecule has 2 aromatic heterocycles. The summed E-state index contributed by atoms with van der Waals surface area (Å²) < 4.78 is 28.0. The van der Waals surface area contributed by atoms with Crippen LogP contribution in [0.1, 0.15) is 54.1 Å². The summed E-state index contributed by atoms with van der Waals surface area (Å²) in [6, 6.07) is 32.1. The summed E-state index contributed by atoms with van der Waals surface area (Å²) in [7, 11) is 0. The maximum atomic E-state index is 14.1. The van der Waals surface area contributed by atoms with E-state index >= 15 is 0 Å². The predicted molar refractivity (Wildman–Crippen MR) is 191 cm³/mol. The van der Waals surface area contributed by atoms with Gasteiger partial charge in [-0.1, -0.05) is 74.5 Å². The van der Waals surface area contributed by atoms with Gasteiger partial charge >= 0.3 is 0 Å². The van der Waals surface area contributed by atoms with Gasteiger partial charge in [-0.05, 0) is 90.6 Å². The highest BCUT2D eigenvalue weighted by Gasteiger charge is 2.41. The van der Waals surface area contributed by atoms with E-state index in [1.54, 1.807) is 24.3 Å². The highest BCUT2D eigenvalue weighted by atomic mass is 19.1. The molecule has 50 heavy (non-hydrogen) atoms. The van der Waals surface area contributed by atoms with Crippen LogP contribution in [0.25, 0.3) is 33.6 Å². The van der Waals surface area contributed by atoms with E-state index in [0.717, 1.165) is 47.7 Å². The van der Waals surface area contributed by atoms with Crippen molar-refractivity contribution in [1.29, 1.82) is 0 Å². The van der Waals surface area contributed by atoms with Crippen molar-refractivity contribution in [2.75, 3.05) is 19.6 Å². The number of piperidine rings is 2. The fourth-order valence-corrected chi connectivity index (χ4v) is 7.55. The number of carbonyl (C=O) groups is 2. The number of amides is 2. The van der Waals surface area contributed by atoms with Crippen molar-refractivity contribution in [3.63, 3.8) is 0 Å². The Morgan fingerprint density at radius 1 is 0.640 bits per heavy atom. The third-order valence-corrected chi connectivity index (χ3v) is 10.3. The lowest BCUT2D eigenvalue weighted by Crippen LogP contribution is -2.56. The maximum absolute atomic E-state index is 14.1. The second kappa shape index (κ2) is 14.3. The summed E-state index contributed by atoms with van der Waals surface area (Å²) in [5.74, 6) is -0.946. The zero-order valence-electron chi connectivity index (χ0n) is 28.3. The Morgan fingerprint density at radius 3 is 1.98 bits per heavy atom. The van der Waals surface area contributed by atoms with Gasteiger partial charge in [0.25, 0.3) is 11.8 Å². The molecule has 2 amide bonds. The van der Waals surface area contributed by atoms with Gasteiger partial charge in [0.2, 0.25) is 0 Å². The molecule has 0 spiro atoms. The van der Waals surface area contributed by atoms with E-state index in [1.807, 2.05) is 52.3 Å². The number of hydrogen-bond donors (Lipinski definition) is 0. The molecule has 5 aromatic rings. The Labute approximate surface area is 291 Å². The lowest BCUT2D eigenvalue weighted by atomic mass is 9.75. The van der Waals surface area contributed by atoms with Gasteiger partial charge in [-0.15, -0.1) is 0 Å². The van der Waals surface area contributed by atoms with Crippen LogP contribution in [0.4, 0.5) is 8.78 Å². The topological polar surface area (TPSA) is 66.4 Å². The van der Waals surface area contributed by atoms with Crippen LogP contribution in [-0.2, 0) is 0 Å². The van der Waals surface area contributed by atoms with Crippen LogP contribution >= 0.6 is 0 Å². The number of rotatable bonds is 6. The monoisotopic (exact) mass is 670 g/mol. The lowest BCUT2D eigenvalue weighted by Gasteiger charge is -2.48. The summed E-state index contributed by atoms with van der Waals surface area (Å²) in [6.07, 6.45) is 2.51. The summed E-state index contributed by atoms with van der Waals surface area (Å²) in [5.41, 5.74) is 5.13. The minimum absolute atomic E-state index is 0.0608. The van der Waals surface area contributed by atoms with E-state index < -0.39 is 11.6 Å². The van der Waals surface area contributed by atoms with Crippen LogP contribution in [0, 0.1) is 29.4 Å². The Hall–Kier alpha value is -5.24. The molecule has 0 aliphatic carbocycles. The molecule has 8 heteroatoms. The molecule has 6 nitrogen and oxygen atoms in total. The van der Waals surface area contributed by atoms with Crippen molar-refractivity contribution in [2.45, 2.75) is 39.2 Å². The molecule has 0 radical (unpaired) electrons. The molecule has 0 N–H and O–H groups in total. The maximum Gasteiger partial charge on any atom is 0.272 e. The Balaban J connectivity index is 1.11. The van der Waals surface area contributed by atoms with E-state index in [9.17, 15) is 18.4 Å². The van der Waals surface area contributed by atoms with Gasteiger partial charge in [-0.25, -0.2) is 18.7 Å². The molecule has 254 valence electrons. The quantitative estimate of drug-likeness (QED) is 0.181. The number of nitrogens with zero attached hydrogens (tertiary/aromatic N) is 4. The molecule has 2 aliphatic rings. The number of halogens is 2. The largest absolute Gasteiger partial charge is 0.337 e. The van der Waals surface area contributed by atoms with Crippen LogP contribution in [-0.4, -0.2) is 57.3 Å². The molecule has 0 bridgehead atoms. The first-order chi connectivity index (χ1) is 24.2. The van der Waals surface area contributed by atoms with E-state index in [4.69, 9.17) is 4.98 Å². The molecule has 4 heterocycles. The summed E-state index contributed by atoms with van der Waals surface area (Å²) in [5, 5.41) is 0. The van der Waals surface area contributed by atoms with Gasteiger partial charge < -0.3 is 9.80 Å². The molecule has 7 rings (SSSR count). The number of aromatic nitrogens is 2. The van der Waals surface area contributed by atoms with Gasteiger partial charge in [0.15, 0.2) is 0 Å². The second-order valence-corrected chi connectivity index (χ2v) is 13.8. The number of likely N-dealkylation sites (tertiary alicyclic amines) is 2. The zero-order chi connectivity index (χ0) is 34.8. The standard InChI is InChI=1S/C42H40F2N4O2/c1-27-17-20-48(42(50)39-16-8-14-37(46-39)32-23-33(43)25-34(44)24-32)40(21-27)35-26-47(19-18-28(35)2)41(49)38-15-7-13-36(45-38)31-12-6-11-30(22-31)29-9-4-3-5-10-29/h3-16,22-25,27-28,35,40H,17-21,26H2,1-2H3. The number of benzene rings is 3. The van der Waals surface area contributed by atoms with Gasteiger partial charge in [0, 0.05) is 42.9 Å². The Bertz CT molecular complexity index is 2000. The fourth-order valence-electron chi connectivity index (χ4n) is 7.55. The van der Waals surface area contributed by atoms with E-state index in [0.29, 0.717) is 42.9 Å². The van der Waals surface area contributed by atoms with Crippen LogP contribution in [0.15, 0.2) is 109 Å². The highest BCUT2D eigenvalue weighted by Crippen LogP contribution is 2.37. The third-order valence-electron chi connectivity index (χ3n) is 10.3. The summed E-state index contributed by atoms with van der Waals surface area (Å²) >= 11 is 0. The van der Waals surface area contributed by atoms with Crippen molar-refractivity contribution < 1.29 is 18.4 Å². The molecule has 2 aliphatic heterocycles. The molecule has 2 fully saturated rings. The van der Waals surface area contributed by atoms with E-state index in [2.05, 4.69) is 43.1 Å². The Morgan fingerprint density at radius 2 is 1.26 bits per heavy atom. The molecule has 3 aromatic carbocycles. The summed E-state index contributed by atoms with van der Waals surface area (Å²) in [4.78, 5) is 41.4. The van der Waals surface area contributed by atoms with E-state index in [-0.39, 0.29) is 35.0 Å². The van der Waals surface area contributed by atoms with E-state index in [1.165, 1.54) is 12.1 Å². The van der Waals surface area contributed by atoms with Crippen LogP contribution in [0.3, 0.4) is 0 Å². The van der Waals surface area contributed by atoms with Crippen LogP contribution in [0.2, 0.25) is 0 Å². The molecule has 4 atom stereocenters. The molecule has 0 saturated carbocycles. The van der Waals surface area contributed by atoms with Crippen molar-refractivity contribution in [3.05, 3.63) is 132 Å². The van der Waals surface area contributed by atoms with Crippen molar-refractivity contribution in [2.24, 2.45) is 17.8 Å². The highest BCUT2D eigenvalue weighted by molar-refractivity contribution is 5.94. The number of pyridine rings is 2. The second-order valence-electron chi connectivity index (χ2n) is 13.8. The van der Waals surface area contributed by atoms with Gasteiger partial charge in [0.1, 0.15) is 23.0 Å². The SMILES string of the molecule is CC1CCN(C(=O)c2cccc(-c3cc(F)cc(F)c3)n2)C(C2CN(C(=O)c3cccc(-c4cccc(-c5ccccc5)c4)n3)CCC2C)C1. The Kier molecular flexibility index (Phi) is 9.52. The molecular weight excluding hydrogens is 630 g/mol. The molecule has 4 unspecified atom stereocenters. The van der Waals surface area contributed by atoms with Gasteiger partial charge in [-0.2, -0.15) is 0 Å². The smallest absolute Gasteiger partial charge is 0.272 e. The number of carbonyl (C=O) groups excluding carboxylic acids is 2. The average molecular weight is 671 g/mol. The normalized spacial score (nSPS) is 20.8. The zero-order valence-corrected chi connectivity index (χ0v) is 28.3. The minimum Gasteiger partial charge on any atom is -0.337 e. The first-order valence-electron chi connectivity index (χ1n) is 17.4. The molecule has 2 saturated heterocycles. The molecular formula is C42H40F2N4O2. The first kappa shape index (κ1) is 33.3. The third kappa shape index (κ3) is 7.06. The summed E-state index contributed by atoms with van der Waals surface area (Å²) in [6.45, 7) is 6.14. The van der Waals surface area contributed by atoms with Crippen molar-refractivity contribution >= 4 is 11.8 Å².